The molecule has 0 bridgehead atoms. The van der Waals surface area contributed by atoms with Gasteiger partial charge in [-0.05, 0) is 49.9 Å². The van der Waals surface area contributed by atoms with Crippen LogP contribution in [0.4, 0.5) is 10.1 Å². The maximum Gasteiger partial charge on any atom is 0.291 e. The quantitative estimate of drug-likeness (QED) is 0.219. The molecule has 2 aromatic carbocycles. The Balaban J connectivity index is 1.54. The maximum atomic E-state index is 14.1. The molecule has 1 aliphatic rings. The largest absolute Gasteiger partial charge is 0.489 e. The summed E-state index contributed by atoms with van der Waals surface area (Å²) >= 11 is 0. The molecule has 8 nitrogen and oxygen atoms in total. The minimum atomic E-state index is -0.450. The Hall–Kier alpha value is -3.17. The number of rotatable bonds is 11. The smallest absolute Gasteiger partial charge is 0.291 e. The van der Waals surface area contributed by atoms with Gasteiger partial charge in [0.25, 0.3) is 6.02 Å². The van der Waals surface area contributed by atoms with E-state index in [1.165, 1.54) is 12.1 Å². The monoisotopic (exact) mass is 486 g/mol. The number of unbranched alkanes of at least 4 members (excludes halogenated alkanes) is 1. The van der Waals surface area contributed by atoms with Crippen molar-refractivity contribution in [1.82, 2.24) is 0 Å². The molecule has 2 N–H and O–H groups in total. The fourth-order valence-electron chi connectivity index (χ4n) is 3.55. The van der Waals surface area contributed by atoms with Crippen molar-refractivity contribution in [3.05, 3.63) is 53.8 Å². The number of aliphatic imine (C=N–C) groups is 1. The van der Waals surface area contributed by atoms with Crippen LogP contribution < -0.4 is 20.2 Å². The number of halogens is 1. The van der Waals surface area contributed by atoms with Crippen LogP contribution in [0.1, 0.15) is 31.2 Å². The molecule has 0 atom stereocenters. The standard InChI is InChI=1S/C26H35FN4O4/c1-31(26(32-2)29-12-4-3-11-28)23-7-5-21(6-8-23)19-34-24-15-22(27)16-25(17-24)35-30-18-20-9-13-33-14-10-20/h5-8,15-18,20H,3-4,9-14,19,28H2,1-2H3. The summed E-state index contributed by atoms with van der Waals surface area (Å²) < 4.78 is 30.6. The van der Waals surface area contributed by atoms with Crippen molar-refractivity contribution < 1.29 is 23.4 Å². The summed E-state index contributed by atoms with van der Waals surface area (Å²) in [6.07, 6.45) is 5.43. The number of benzene rings is 2. The number of ether oxygens (including phenoxy) is 3. The van der Waals surface area contributed by atoms with Gasteiger partial charge in [0.05, 0.1) is 7.11 Å². The van der Waals surface area contributed by atoms with E-state index in [1.807, 2.05) is 36.2 Å². The molecular formula is C26H35FN4O4. The van der Waals surface area contributed by atoms with Crippen molar-refractivity contribution >= 4 is 17.9 Å². The minimum absolute atomic E-state index is 0.280. The van der Waals surface area contributed by atoms with Gasteiger partial charge in [-0.3, -0.25) is 4.90 Å². The number of anilines is 1. The zero-order valence-corrected chi connectivity index (χ0v) is 20.5. The summed E-state index contributed by atoms with van der Waals surface area (Å²) in [7, 11) is 3.50. The SMILES string of the molecule is COC(=NCCCCN)N(C)c1ccc(COc2cc(F)cc(ON=CC3CCOCC3)c2)cc1. The van der Waals surface area contributed by atoms with Crippen LogP contribution in [0.15, 0.2) is 52.6 Å². The second-order valence-corrected chi connectivity index (χ2v) is 8.30. The van der Waals surface area contributed by atoms with Crippen LogP contribution in [0.25, 0.3) is 0 Å². The lowest BCUT2D eigenvalue weighted by atomic mass is 10.0. The van der Waals surface area contributed by atoms with Crippen LogP contribution in [-0.2, 0) is 16.1 Å². The van der Waals surface area contributed by atoms with Gasteiger partial charge in [-0.15, -0.1) is 0 Å². The molecule has 1 heterocycles. The molecule has 1 fully saturated rings. The first-order valence-corrected chi connectivity index (χ1v) is 11.9. The molecule has 0 amide bonds. The van der Waals surface area contributed by atoms with Crippen molar-refractivity contribution in [3.8, 4) is 11.5 Å². The van der Waals surface area contributed by atoms with Gasteiger partial charge in [-0.25, -0.2) is 9.38 Å². The highest BCUT2D eigenvalue weighted by Crippen LogP contribution is 2.24. The highest BCUT2D eigenvalue weighted by molar-refractivity contribution is 5.91. The van der Waals surface area contributed by atoms with Crippen molar-refractivity contribution in [1.29, 1.82) is 0 Å². The van der Waals surface area contributed by atoms with Gasteiger partial charge in [0.2, 0.25) is 0 Å². The van der Waals surface area contributed by atoms with Gasteiger partial charge >= 0.3 is 0 Å². The third-order valence-electron chi connectivity index (χ3n) is 5.60. The summed E-state index contributed by atoms with van der Waals surface area (Å²) in [5.41, 5.74) is 7.39. The molecule has 35 heavy (non-hydrogen) atoms. The van der Waals surface area contributed by atoms with Gasteiger partial charge < -0.3 is 24.8 Å². The summed E-state index contributed by atoms with van der Waals surface area (Å²) in [5, 5.41) is 4.01. The molecule has 0 radical (unpaired) electrons. The first-order chi connectivity index (χ1) is 17.1. The molecular weight excluding hydrogens is 451 g/mol. The van der Waals surface area contributed by atoms with Crippen LogP contribution in [-0.4, -0.2) is 52.7 Å². The molecule has 0 aliphatic carbocycles. The van der Waals surface area contributed by atoms with E-state index in [0.29, 0.717) is 30.8 Å². The van der Waals surface area contributed by atoms with Gasteiger partial charge in [0, 0.05) is 62.8 Å². The topological polar surface area (TPSA) is 90.9 Å². The lowest BCUT2D eigenvalue weighted by Gasteiger charge is -2.20. The Morgan fingerprint density at radius 2 is 1.89 bits per heavy atom. The summed E-state index contributed by atoms with van der Waals surface area (Å²) in [6, 6.07) is 12.6. The molecule has 0 unspecified atom stereocenters. The van der Waals surface area contributed by atoms with E-state index >= 15 is 0 Å². The van der Waals surface area contributed by atoms with Crippen molar-refractivity contribution in [2.75, 3.05) is 45.4 Å². The van der Waals surface area contributed by atoms with Crippen LogP contribution in [0.2, 0.25) is 0 Å². The number of methoxy groups -OCH3 is 1. The molecule has 2 aromatic rings. The third kappa shape index (κ3) is 8.84. The predicted octanol–water partition coefficient (Wildman–Crippen LogP) is 4.37. The number of hydrogen-bond donors (Lipinski definition) is 1. The minimum Gasteiger partial charge on any atom is -0.489 e. The van der Waals surface area contributed by atoms with Crippen molar-refractivity contribution in [2.24, 2.45) is 21.8 Å². The fourth-order valence-corrected chi connectivity index (χ4v) is 3.55. The predicted molar refractivity (Wildman–Crippen MR) is 136 cm³/mol. The van der Waals surface area contributed by atoms with Crippen LogP contribution in [0.3, 0.4) is 0 Å². The molecule has 190 valence electrons. The summed E-state index contributed by atoms with van der Waals surface area (Å²) in [4.78, 5) is 11.7. The normalized spacial score (nSPS) is 14.8. The molecule has 1 saturated heterocycles. The van der Waals surface area contributed by atoms with Gasteiger partial charge in [0.1, 0.15) is 18.2 Å². The molecule has 0 saturated carbocycles. The highest BCUT2D eigenvalue weighted by Gasteiger charge is 2.12. The van der Waals surface area contributed by atoms with E-state index in [2.05, 4.69) is 10.1 Å². The van der Waals surface area contributed by atoms with E-state index in [1.54, 1.807) is 19.4 Å². The first-order valence-electron chi connectivity index (χ1n) is 11.9. The van der Waals surface area contributed by atoms with Crippen LogP contribution in [0.5, 0.6) is 11.5 Å². The van der Waals surface area contributed by atoms with Gasteiger partial charge in [-0.2, -0.15) is 0 Å². The lowest BCUT2D eigenvalue weighted by Crippen LogP contribution is -2.28. The molecule has 1 aliphatic heterocycles. The number of hydrogen-bond acceptors (Lipinski definition) is 7. The summed E-state index contributed by atoms with van der Waals surface area (Å²) in [6.45, 7) is 3.05. The second kappa shape index (κ2) is 14.3. The summed E-state index contributed by atoms with van der Waals surface area (Å²) in [5.74, 6) is 0.526. The van der Waals surface area contributed by atoms with E-state index in [0.717, 1.165) is 50.1 Å². The number of amidine groups is 1. The second-order valence-electron chi connectivity index (χ2n) is 8.30. The Morgan fingerprint density at radius 3 is 2.60 bits per heavy atom. The highest BCUT2D eigenvalue weighted by atomic mass is 19.1. The lowest BCUT2D eigenvalue weighted by molar-refractivity contribution is 0.0833. The van der Waals surface area contributed by atoms with E-state index in [9.17, 15) is 4.39 Å². The van der Waals surface area contributed by atoms with Crippen molar-refractivity contribution in [3.63, 3.8) is 0 Å². The average molecular weight is 487 g/mol. The molecule has 9 heteroatoms. The Labute approximate surface area is 206 Å². The Kier molecular flexibility index (Phi) is 10.8. The van der Waals surface area contributed by atoms with E-state index in [-0.39, 0.29) is 12.4 Å². The number of nitrogens with two attached hydrogens (primary N) is 1. The number of nitrogens with zero attached hydrogens (tertiary/aromatic N) is 3. The van der Waals surface area contributed by atoms with Gasteiger partial charge in [0.15, 0.2) is 5.75 Å². The molecule has 0 spiro atoms. The zero-order valence-electron chi connectivity index (χ0n) is 20.5. The average Bonchev–Trinajstić information content (AvgIpc) is 2.88. The van der Waals surface area contributed by atoms with E-state index < -0.39 is 5.82 Å². The first kappa shape index (κ1) is 26.4. The van der Waals surface area contributed by atoms with Crippen LogP contribution in [0, 0.1) is 11.7 Å². The molecule has 0 aromatic heterocycles. The Morgan fingerprint density at radius 1 is 1.14 bits per heavy atom. The molecule has 3 rings (SSSR count). The van der Waals surface area contributed by atoms with Crippen molar-refractivity contribution in [2.45, 2.75) is 32.3 Å². The zero-order chi connectivity index (χ0) is 24.9. The third-order valence-corrected chi connectivity index (χ3v) is 5.60. The Bertz CT molecular complexity index is 962. The maximum absolute atomic E-state index is 14.1. The fraction of sp³-hybridized carbons (Fsp3) is 0.462. The van der Waals surface area contributed by atoms with Crippen LogP contribution >= 0.6 is 0 Å². The van der Waals surface area contributed by atoms with Gasteiger partial charge in [-0.1, -0.05) is 17.3 Å². The number of oxime groups is 1. The van der Waals surface area contributed by atoms with E-state index in [4.69, 9.17) is 24.8 Å².